The van der Waals surface area contributed by atoms with Crippen LogP contribution in [-0.4, -0.2) is 19.7 Å². The third-order valence-corrected chi connectivity index (χ3v) is 3.50. The average molecular weight is 291 g/mol. The number of nitrogens with one attached hydrogen (secondary N) is 1. The van der Waals surface area contributed by atoms with Crippen molar-refractivity contribution in [2.45, 2.75) is 18.9 Å². The molecule has 0 amide bonds. The summed E-state index contributed by atoms with van der Waals surface area (Å²) in [5.74, 6) is 0. The lowest BCUT2D eigenvalue weighted by Crippen LogP contribution is -2.26. The highest BCUT2D eigenvalue weighted by Gasteiger charge is 2.26. The van der Waals surface area contributed by atoms with E-state index in [1.54, 1.807) is 6.20 Å². The largest absolute Gasteiger partial charge is 0.258 e. The Labute approximate surface area is 97.3 Å². The lowest BCUT2D eigenvalue weighted by atomic mass is 10.2. The van der Waals surface area contributed by atoms with Crippen LogP contribution in [0.4, 0.5) is 0 Å². The standard InChI is InChI=1S/C9H11BrN2O2S/c1-15(13,14)12-8-3-2-6-4-7(10)5-11-9(6)8/h4-5,8,12H,2-3H2,1H3. The van der Waals surface area contributed by atoms with Gasteiger partial charge in [-0.1, -0.05) is 0 Å². The fourth-order valence-corrected chi connectivity index (χ4v) is 2.94. The van der Waals surface area contributed by atoms with Crippen molar-refractivity contribution in [3.8, 4) is 0 Å². The first kappa shape index (κ1) is 11.0. The molecule has 0 aliphatic heterocycles. The second kappa shape index (κ2) is 3.84. The molecule has 0 spiro atoms. The fourth-order valence-electron chi connectivity index (χ4n) is 1.82. The number of hydrogen-bond acceptors (Lipinski definition) is 3. The molecule has 0 fully saturated rings. The van der Waals surface area contributed by atoms with E-state index in [0.29, 0.717) is 0 Å². The Morgan fingerprint density at radius 2 is 2.33 bits per heavy atom. The van der Waals surface area contributed by atoms with E-state index in [-0.39, 0.29) is 6.04 Å². The van der Waals surface area contributed by atoms with Gasteiger partial charge in [-0.3, -0.25) is 4.98 Å². The molecule has 0 bridgehead atoms. The number of nitrogens with zero attached hydrogens (tertiary/aromatic N) is 1. The van der Waals surface area contributed by atoms with Crippen LogP contribution in [0.1, 0.15) is 23.7 Å². The molecule has 82 valence electrons. The quantitative estimate of drug-likeness (QED) is 0.895. The number of rotatable bonds is 2. The van der Waals surface area contributed by atoms with Gasteiger partial charge in [-0.2, -0.15) is 0 Å². The van der Waals surface area contributed by atoms with E-state index in [4.69, 9.17) is 0 Å². The summed E-state index contributed by atoms with van der Waals surface area (Å²) in [6.45, 7) is 0. The second-order valence-electron chi connectivity index (χ2n) is 3.68. The topological polar surface area (TPSA) is 59.1 Å². The van der Waals surface area contributed by atoms with Crippen LogP contribution in [0.5, 0.6) is 0 Å². The van der Waals surface area contributed by atoms with E-state index < -0.39 is 10.0 Å². The van der Waals surface area contributed by atoms with Crippen LogP contribution in [0.25, 0.3) is 0 Å². The van der Waals surface area contributed by atoms with Crippen LogP contribution in [-0.2, 0) is 16.4 Å². The van der Waals surface area contributed by atoms with Gasteiger partial charge in [0.05, 0.1) is 18.0 Å². The van der Waals surface area contributed by atoms with Crippen LogP contribution < -0.4 is 4.72 Å². The Morgan fingerprint density at radius 1 is 1.60 bits per heavy atom. The van der Waals surface area contributed by atoms with Crippen LogP contribution in [0, 0.1) is 0 Å². The van der Waals surface area contributed by atoms with Gasteiger partial charge < -0.3 is 0 Å². The van der Waals surface area contributed by atoms with Gasteiger partial charge in [0.2, 0.25) is 10.0 Å². The highest BCUT2D eigenvalue weighted by atomic mass is 79.9. The zero-order valence-electron chi connectivity index (χ0n) is 8.20. The zero-order valence-corrected chi connectivity index (χ0v) is 10.6. The molecule has 1 aliphatic carbocycles. The van der Waals surface area contributed by atoms with Crippen molar-refractivity contribution in [2.75, 3.05) is 6.26 Å². The van der Waals surface area contributed by atoms with E-state index >= 15 is 0 Å². The number of aryl methyl sites for hydroxylation is 1. The predicted octanol–water partition coefficient (Wildman–Crippen LogP) is 1.38. The van der Waals surface area contributed by atoms with Gasteiger partial charge >= 0.3 is 0 Å². The normalized spacial score (nSPS) is 20.3. The van der Waals surface area contributed by atoms with E-state index in [9.17, 15) is 8.42 Å². The number of hydrogen-bond donors (Lipinski definition) is 1. The summed E-state index contributed by atoms with van der Waals surface area (Å²) in [5, 5.41) is 0. The molecule has 1 atom stereocenters. The van der Waals surface area contributed by atoms with Crippen molar-refractivity contribution in [1.29, 1.82) is 0 Å². The van der Waals surface area contributed by atoms with Gasteiger partial charge in [0.15, 0.2) is 0 Å². The van der Waals surface area contributed by atoms with Gasteiger partial charge in [-0.15, -0.1) is 0 Å². The third-order valence-electron chi connectivity index (χ3n) is 2.36. The van der Waals surface area contributed by atoms with Crippen molar-refractivity contribution < 1.29 is 8.42 Å². The summed E-state index contributed by atoms with van der Waals surface area (Å²) in [7, 11) is -3.16. The van der Waals surface area contributed by atoms with E-state index in [2.05, 4.69) is 25.6 Å². The second-order valence-corrected chi connectivity index (χ2v) is 6.37. The molecule has 1 N–H and O–H groups in total. The minimum absolute atomic E-state index is 0.164. The third kappa shape index (κ3) is 2.56. The van der Waals surface area contributed by atoms with Gasteiger partial charge in [0.25, 0.3) is 0 Å². The molecule has 4 nitrogen and oxygen atoms in total. The van der Waals surface area contributed by atoms with Crippen LogP contribution in [0.15, 0.2) is 16.7 Å². The minimum Gasteiger partial charge on any atom is -0.258 e. The van der Waals surface area contributed by atoms with E-state index in [1.165, 1.54) is 6.26 Å². The Bertz CT molecular complexity index is 487. The smallest absolute Gasteiger partial charge is 0.209 e. The Morgan fingerprint density at radius 3 is 3.00 bits per heavy atom. The van der Waals surface area contributed by atoms with E-state index in [1.807, 2.05) is 6.07 Å². The average Bonchev–Trinajstić information content (AvgIpc) is 2.45. The number of pyridine rings is 1. The van der Waals surface area contributed by atoms with E-state index in [0.717, 1.165) is 28.6 Å². The van der Waals surface area contributed by atoms with Crippen molar-refractivity contribution in [3.05, 3.63) is 28.0 Å². The minimum atomic E-state index is -3.16. The SMILES string of the molecule is CS(=O)(=O)NC1CCc2cc(Br)cnc21. The molecule has 0 saturated carbocycles. The van der Waals surface area contributed by atoms with Gasteiger partial charge in [0.1, 0.15) is 0 Å². The Hall–Kier alpha value is -0.460. The summed E-state index contributed by atoms with van der Waals surface area (Å²) in [4.78, 5) is 4.25. The number of sulfonamides is 1. The maximum atomic E-state index is 11.1. The van der Waals surface area contributed by atoms with Gasteiger partial charge in [0, 0.05) is 10.7 Å². The monoisotopic (exact) mass is 290 g/mol. The van der Waals surface area contributed by atoms with Crippen LogP contribution in [0.2, 0.25) is 0 Å². The van der Waals surface area contributed by atoms with Gasteiger partial charge in [-0.05, 0) is 40.4 Å². The lowest BCUT2D eigenvalue weighted by molar-refractivity contribution is 0.556. The number of aromatic nitrogens is 1. The highest BCUT2D eigenvalue weighted by Crippen LogP contribution is 2.31. The molecular weight excluding hydrogens is 280 g/mol. The van der Waals surface area contributed by atoms with Crippen molar-refractivity contribution in [1.82, 2.24) is 9.71 Å². The summed E-state index contributed by atoms with van der Waals surface area (Å²) < 4.78 is 25.8. The molecule has 2 rings (SSSR count). The molecule has 1 aromatic heterocycles. The maximum Gasteiger partial charge on any atom is 0.209 e. The van der Waals surface area contributed by atoms with Crippen molar-refractivity contribution >= 4 is 26.0 Å². The molecular formula is C9H11BrN2O2S. The molecule has 0 radical (unpaired) electrons. The van der Waals surface area contributed by atoms with Crippen LogP contribution in [0.3, 0.4) is 0 Å². The number of halogens is 1. The first-order valence-electron chi connectivity index (χ1n) is 4.57. The molecule has 1 aromatic rings. The van der Waals surface area contributed by atoms with Crippen LogP contribution >= 0.6 is 15.9 Å². The van der Waals surface area contributed by atoms with Crippen molar-refractivity contribution in [2.24, 2.45) is 0 Å². The molecule has 0 saturated heterocycles. The molecule has 1 aliphatic rings. The Balaban J connectivity index is 2.29. The molecule has 1 unspecified atom stereocenters. The summed E-state index contributed by atoms with van der Waals surface area (Å²) in [6.07, 6.45) is 4.52. The first-order valence-corrected chi connectivity index (χ1v) is 7.26. The molecule has 6 heteroatoms. The summed E-state index contributed by atoms with van der Waals surface area (Å²) in [5.41, 5.74) is 1.97. The lowest BCUT2D eigenvalue weighted by Gasteiger charge is -2.10. The highest BCUT2D eigenvalue weighted by molar-refractivity contribution is 9.10. The predicted molar refractivity (Wildman–Crippen MR) is 61.0 cm³/mol. The van der Waals surface area contributed by atoms with Crippen molar-refractivity contribution in [3.63, 3.8) is 0 Å². The molecule has 1 heterocycles. The first-order chi connectivity index (χ1) is 6.96. The summed E-state index contributed by atoms with van der Waals surface area (Å²) >= 11 is 3.35. The zero-order chi connectivity index (χ0) is 11.1. The summed E-state index contributed by atoms with van der Waals surface area (Å²) in [6, 6.07) is 1.83. The van der Waals surface area contributed by atoms with Gasteiger partial charge in [-0.25, -0.2) is 13.1 Å². The maximum absolute atomic E-state index is 11.1. The number of fused-ring (bicyclic) bond motifs is 1. The molecule has 0 aromatic carbocycles. The molecule has 15 heavy (non-hydrogen) atoms. The fraction of sp³-hybridized carbons (Fsp3) is 0.444. The Kier molecular flexibility index (Phi) is 2.83.